The predicted octanol–water partition coefficient (Wildman–Crippen LogP) is 7.25. The van der Waals surface area contributed by atoms with E-state index >= 15 is 0 Å². The highest BCUT2D eigenvalue weighted by atomic mass is 35.5. The van der Waals surface area contributed by atoms with Crippen molar-refractivity contribution in [2.24, 2.45) is 0 Å². The number of para-hydroxylation sites is 1. The molecule has 0 bridgehead atoms. The standard InChI is InChI=1S/C28H18ClN/c29-21-15-16-25-23(18-21)22-11-5-6-12-24(22)28(25,20-9-2-1-3-10-20)27-17-14-19-8-4-7-13-26(19)30-27/h1-18H. The highest BCUT2D eigenvalue weighted by molar-refractivity contribution is 6.31. The van der Waals surface area contributed by atoms with E-state index in [-0.39, 0.29) is 0 Å². The maximum absolute atomic E-state index is 6.44. The molecule has 142 valence electrons. The predicted molar refractivity (Wildman–Crippen MR) is 124 cm³/mol. The topological polar surface area (TPSA) is 12.9 Å². The molecule has 6 rings (SSSR count). The molecule has 1 aliphatic carbocycles. The summed E-state index contributed by atoms with van der Waals surface area (Å²) in [5.74, 6) is 0. The molecule has 5 aromatic rings. The number of nitrogens with zero attached hydrogens (tertiary/aromatic N) is 1. The molecule has 1 aromatic heterocycles. The van der Waals surface area contributed by atoms with Gasteiger partial charge in [0.05, 0.1) is 16.6 Å². The largest absolute Gasteiger partial charge is 0.251 e. The summed E-state index contributed by atoms with van der Waals surface area (Å²) in [6, 6.07) is 38.2. The number of pyridine rings is 1. The van der Waals surface area contributed by atoms with Crippen LogP contribution in [0, 0.1) is 0 Å². The number of halogens is 1. The molecule has 0 fully saturated rings. The molecule has 0 N–H and O–H groups in total. The average Bonchev–Trinajstić information content (AvgIpc) is 3.10. The summed E-state index contributed by atoms with van der Waals surface area (Å²) in [7, 11) is 0. The molecule has 4 aromatic carbocycles. The summed E-state index contributed by atoms with van der Waals surface area (Å²) >= 11 is 6.44. The third-order valence-corrected chi connectivity index (χ3v) is 6.43. The van der Waals surface area contributed by atoms with Crippen molar-refractivity contribution in [3.8, 4) is 11.1 Å². The van der Waals surface area contributed by atoms with Crippen molar-refractivity contribution in [3.05, 3.63) is 137 Å². The molecule has 1 heterocycles. The zero-order valence-electron chi connectivity index (χ0n) is 16.2. The fourth-order valence-electron chi connectivity index (χ4n) is 4.95. The van der Waals surface area contributed by atoms with E-state index in [9.17, 15) is 0 Å². The smallest absolute Gasteiger partial charge is 0.0886 e. The van der Waals surface area contributed by atoms with Gasteiger partial charge in [0.1, 0.15) is 0 Å². The molecule has 0 spiro atoms. The van der Waals surface area contributed by atoms with Crippen molar-refractivity contribution in [3.63, 3.8) is 0 Å². The van der Waals surface area contributed by atoms with Gasteiger partial charge in [-0.2, -0.15) is 0 Å². The van der Waals surface area contributed by atoms with Crippen molar-refractivity contribution >= 4 is 22.5 Å². The fourth-order valence-corrected chi connectivity index (χ4v) is 5.13. The van der Waals surface area contributed by atoms with Crippen LogP contribution in [0.25, 0.3) is 22.0 Å². The van der Waals surface area contributed by atoms with E-state index in [2.05, 4.69) is 97.1 Å². The Hall–Kier alpha value is -3.42. The normalized spacial score (nSPS) is 17.0. The van der Waals surface area contributed by atoms with E-state index in [1.807, 2.05) is 12.1 Å². The minimum atomic E-state index is -0.484. The van der Waals surface area contributed by atoms with Crippen molar-refractivity contribution in [2.45, 2.75) is 5.41 Å². The van der Waals surface area contributed by atoms with Crippen LogP contribution in [0.1, 0.15) is 22.4 Å². The van der Waals surface area contributed by atoms with Gasteiger partial charge in [-0.15, -0.1) is 0 Å². The van der Waals surface area contributed by atoms with Gasteiger partial charge in [-0.05, 0) is 52.1 Å². The van der Waals surface area contributed by atoms with E-state index in [1.54, 1.807) is 0 Å². The zero-order valence-corrected chi connectivity index (χ0v) is 17.0. The SMILES string of the molecule is Clc1ccc2c(c1)-c1ccccc1C2(c1ccccc1)c1ccc2ccccc2n1. The summed E-state index contributed by atoms with van der Waals surface area (Å²) in [6.45, 7) is 0. The highest BCUT2D eigenvalue weighted by Crippen LogP contribution is 2.56. The Morgan fingerprint density at radius 1 is 0.600 bits per heavy atom. The lowest BCUT2D eigenvalue weighted by atomic mass is 9.70. The van der Waals surface area contributed by atoms with E-state index in [1.165, 1.54) is 27.8 Å². The summed E-state index contributed by atoms with van der Waals surface area (Å²) < 4.78 is 0. The monoisotopic (exact) mass is 403 g/mol. The summed E-state index contributed by atoms with van der Waals surface area (Å²) in [5.41, 5.74) is 7.62. The Balaban J connectivity index is 1.79. The Bertz CT molecular complexity index is 1410. The van der Waals surface area contributed by atoms with Crippen molar-refractivity contribution in [1.82, 2.24) is 4.98 Å². The van der Waals surface area contributed by atoms with Gasteiger partial charge in [-0.3, -0.25) is 4.98 Å². The molecule has 1 nitrogen and oxygen atoms in total. The van der Waals surface area contributed by atoms with Gasteiger partial charge in [0.15, 0.2) is 0 Å². The summed E-state index contributed by atoms with van der Waals surface area (Å²) in [5, 5.41) is 1.89. The first-order valence-corrected chi connectivity index (χ1v) is 10.5. The molecule has 1 unspecified atom stereocenters. The van der Waals surface area contributed by atoms with E-state index < -0.39 is 5.41 Å². The van der Waals surface area contributed by atoms with Crippen LogP contribution in [0.3, 0.4) is 0 Å². The lowest BCUT2D eigenvalue weighted by Crippen LogP contribution is -2.29. The van der Waals surface area contributed by atoms with Gasteiger partial charge in [0.2, 0.25) is 0 Å². The Labute approximate surface area is 180 Å². The van der Waals surface area contributed by atoms with Crippen molar-refractivity contribution in [2.75, 3.05) is 0 Å². The molecule has 30 heavy (non-hydrogen) atoms. The first-order chi connectivity index (χ1) is 14.8. The van der Waals surface area contributed by atoms with Gasteiger partial charge < -0.3 is 0 Å². The summed E-state index contributed by atoms with van der Waals surface area (Å²) in [6.07, 6.45) is 0. The van der Waals surface area contributed by atoms with Crippen LogP contribution >= 0.6 is 11.6 Å². The van der Waals surface area contributed by atoms with Crippen molar-refractivity contribution in [1.29, 1.82) is 0 Å². The number of rotatable bonds is 2. The van der Waals surface area contributed by atoms with Gasteiger partial charge >= 0.3 is 0 Å². The third-order valence-electron chi connectivity index (χ3n) is 6.20. The van der Waals surface area contributed by atoms with Gasteiger partial charge in [-0.1, -0.05) is 96.5 Å². The number of benzene rings is 4. The van der Waals surface area contributed by atoms with E-state index in [0.29, 0.717) is 0 Å². The molecule has 0 saturated heterocycles. The lowest BCUT2D eigenvalue weighted by Gasteiger charge is -2.32. The highest BCUT2D eigenvalue weighted by Gasteiger charge is 2.47. The van der Waals surface area contributed by atoms with Crippen LogP contribution in [-0.4, -0.2) is 4.98 Å². The van der Waals surface area contributed by atoms with Gasteiger partial charge in [0, 0.05) is 10.4 Å². The van der Waals surface area contributed by atoms with Crippen LogP contribution in [0.5, 0.6) is 0 Å². The lowest BCUT2D eigenvalue weighted by molar-refractivity contribution is 0.739. The first kappa shape index (κ1) is 17.4. The average molecular weight is 404 g/mol. The first-order valence-electron chi connectivity index (χ1n) is 10.1. The van der Waals surface area contributed by atoms with E-state index in [0.717, 1.165) is 21.6 Å². The summed E-state index contributed by atoms with van der Waals surface area (Å²) in [4.78, 5) is 5.19. The maximum atomic E-state index is 6.44. The number of fused-ring (bicyclic) bond motifs is 4. The van der Waals surface area contributed by atoms with E-state index in [4.69, 9.17) is 16.6 Å². The Morgan fingerprint density at radius 3 is 2.23 bits per heavy atom. The van der Waals surface area contributed by atoms with Crippen molar-refractivity contribution < 1.29 is 0 Å². The Morgan fingerprint density at radius 2 is 1.33 bits per heavy atom. The molecular formula is C28H18ClN. The maximum Gasteiger partial charge on any atom is 0.0886 e. The molecule has 0 radical (unpaired) electrons. The van der Waals surface area contributed by atoms with Gasteiger partial charge in [0.25, 0.3) is 0 Å². The quantitative estimate of drug-likeness (QED) is 0.296. The van der Waals surface area contributed by atoms with Crippen LogP contribution in [-0.2, 0) is 5.41 Å². The van der Waals surface area contributed by atoms with Crippen LogP contribution in [0.2, 0.25) is 5.02 Å². The molecular weight excluding hydrogens is 386 g/mol. The Kier molecular flexibility index (Phi) is 3.81. The molecule has 1 atom stereocenters. The molecule has 1 aliphatic rings. The minimum Gasteiger partial charge on any atom is -0.251 e. The minimum absolute atomic E-state index is 0.484. The molecule has 0 amide bonds. The van der Waals surface area contributed by atoms with Crippen LogP contribution in [0.4, 0.5) is 0 Å². The number of hydrogen-bond donors (Lipinski definition) is 0. The van der Waals surface area contributed by atoms with Crippen LogP contribution < -0.4 is 0 Å². The molecule has 0 aliphatic heterocycles. The fraction of sp³-hybridized carbons (Fsp3) is 0.0357. The van der Waals surface area contributed by atoms with Gasteiger partial charge in [-0.25, -0.2) is 0 Å². The molecule has 2 heteroatoms. The number of aromatic nitrogens is 1. The zero-order chi connectivity index (χ0) is 20.1. The molecule has 0 saturated carbocycles. The van der Waals surface area contributed by atoms with Crippen LogP contribution in [0.15, 0.2) is 109 Å². The second-order valence-electron chi connectivity index (χ2n) is 7.74. The second-order valence-corrected chi connectivity index (χ2v) is 8.18. The third kappa shape index (κ3) is 2.33. The number of hydrogen-bond acceptors (Lipinski definition) is 1. The second kappa shape index (κ2) is 6.55.